The van der Waals surface area contributed by atoms with Crippen molar-refractivity contribution in [1.29, 1.82) is 0 Å². The summed E-state index contributed by atoms with van der Waals surface area (Å²) in [6.07, 6.45) is 5.14. The topological polar surface area (TPSA) is 63.9 Å². The van der Waals surface area contributed by atoms with Gasteiger partial charge in [0.2, 0.25) is 0 Å². The van der Waals surface area contributed by atoms with E-state index in [-0.39, 0.29) is 11.9 Å². The van der Waals surface area contributed by atoms with E-state index in [0.717, 1.165) is 19.4 Å². The van der Waals surface area contributed by atoms with E-state index in [0.29, 0.717) is 11.5 Å². The van der Waals surface area contributed by atoms with Gasteiger partial charge in [-0.05, 0) is 43.0 Å². The fraction of sp³-hybridized carbons (Fsp3) is 0.263. The molecule has 0 aliphatic carbocycles. The van der Waals surface area contributed by atoms with Crippen molar-refractivity contribution in [3.63, 3.8) is 0 Å². The van der Waals surface area contributed by atoms with Gasteiger partial charge in [0.25, 0.3) is 5.91 Å². The van der Waals surface area contributed by atoms with Crippen molar-refractivity contribution in [3.05, 3.63) is 71.9 Å². The van der Waals surface area contributed by atoms with Gasteiger partial charge in [-0.1, -0.05) is 30.3 Å². The molecule has 6 heteroatoms. The molecule has 1 aromatic carbocycles. The van der Waals surface area contributed by atoms with Gasteiger partial charge in [-0.25, -0.2) is 4.98 Å². The predicted octanol–water partition coefficient (Wildman–Crippen LogP) is 2.95. The molecular formula is C19H19N5O. The molecule has 1 fully saturated rings. The molecule has 1 aliphatic heterocycles. The van der Waals surface area contributed by atoms with Gasteiger partial charge in [-0.15, -0.1) is 10.2 Å². The Labute approximate surface area is 146 Å². The van der Waals surface area contributed by atoms with Crippen LogP contribution in [0.25, 0.3) is 5.82 Å². The van der Waals surface area contributed by atoms with Crippen molar-refractivity contribution >= 4 is 5.91 Å². The van der Waals surface area contributed by atoms with Crippen LogP contribution in [0, 0.1) is 6.92 Å². The number of benzene rings is 1. The molecule has 1 unspecified atom stereocenters. The summed E-state index contributed by atoms with van der Waals surface area (Å²) < 4.78 is 1.69. The summed E-state index contributed by atoms with van der Waals surface area (Å²) >= 11 is 0. The minimum absolute atomic E-state index is 0.0272. The summed E-state index contributed by atoms with van der Waals surface area (Å²) in [5.74, 6) is 0.614. The predicted molar refractivity (Wildman–Crippen MR) is 93.3 cm³/mol. The normalized spacial score (nSPS) is 17.0. The van der Waals surface area contributed by atoms with E-state index in [1.165, 1.54) is 11.1 Å². The van der Waals surface area contributed by atoms with Crippen molar-refractivity contribution in [3.8, 4) is 5.82 Å². The number of pyridine rings is 1. The largest absolute Gasteiger partial charge is 0.330 e. The van der Waals surface area contributed by atoms with Crippen LogP contribution in [0.15, 0.2) is 55.1 Å². The summed E-state index contributed by atoms with van der Waals surface area (Å²) in [4.78, 5) is 19.5. The lowest BCUT2D eigenvalue weighted by Gasteiger charge is -2.26. The van der Waals surface area contributed by atoms with Crippen LogP contribution in [0.1, 0.15) is 40.5 Å². The van der Waals surface area contributed by atoms with E-state index >= 15 is 0 Å². The second kappa shape index (κ2) is 6.47. The van der Waals surface area contributed by atoms with Crippen LogP contribution in [0.4, 0.5) is 0 Å². The highest BCUT2D eigenvalue weighted by Gasteiger charge is 2.32. The molecular weight excluding hydrogens is 314 g/mol. The molecule has 126 valence electrons. The average Bonchev–Trinajstić information content (AvgIpc) is 3.33. The third kappa shape index (κ3) is 2.91. The molecule has 0 N–H and O–H groups in total. The smallest absolute Gasteiger partial charge is 0.273 e. The second-order valence-electron chi connectivity index (χ2n) is 6.26. The number of carbonyl (C=O) groups is 1. The van der Waals surface area contributed by atoms with Crippen molar-refractivity contribution in [1.82, 2.24) is 24.6 Å². The first-order chi connectivity index (χ1) is 12.2. The van der Waals surface area contributed by atoms with Crippen molar-refractivity contribution < 1.29 is 4.79 Å². The lowest BCUT2D eigenvalue weighted by atomic mass is 9.99. The molecule has 2 aromatic heterocycles. The van der Waals surface area contributed by atoms with Crippen molar-refractivity contribution in [2.24, 2.45) is 0 Å². The minimum Gasteiger partial charge on any atom is -0.330 e. The third-order valence-corrected chi connectivity index (χ3v) is 4.70. The van der Waals surface area contributed by atoms with Crippen LogP contribution in [0.2, 0.25) is 0 Å². The van der Waals surface area contributed by atoms with Crippen LogP contribution in [0.5, 0.6) is 0 Å². The Morgan fingerprint density at radius 3 is 2.68 bits per heavy atom. The van der Waals surface area contributed by atoms with Crippen LogP contribution in [-0.2, 0) is 0 Å². The quantitative estimate of drug-likeness (QED) is 0.739. The molecule has 1 amide bonds. The molecule has 0 saturated carbocycles. The Bertz CT molecular complexity index is 890. The molecule has 1 saturated heterocycles. The van der Waals surface area contributed by atoms with E-state index < -0.39 is 0 Å². The number of hydrogen-bond acceptors (Lipinski definition) is 4. The molecule has 3 heterocycles. The fourth-order valence-corrected chi connectivity index (χ4v) is 3.45. The highest BCUT2D eigenvalue weighted by Crippen LogP contribution is 2.34. The molecule has 0 spiro atoms. The lowest BCUT2D eigenvalue weighted by Crippen LogP contribution is -2.31. The lowest BCUT2D eigenvalue weighted by molar-refractivity contribution is 0.0729. The molecule has 1 atom stereocenters. The summed E-state index contributed by atoms with van der Waals surface area (Å²) in [5.41, 5.74) is 2.90. The van der Waals surface area contributed by atoms with Gasteiger partial charge in [-0.3, -0.25) is 9.36 Å². The molecule has 6 nitrogen and oxygen atoms in total. The van der Waals surface area contributed by atoms with Crippen LogP contribution in [0.3, 0.4) is 0 Å². The van der Waals surface area contributed by atoms with Gasteiger partial charge in [-0.2, -0.15) is 0 Å². The van der Waals surface area contributed by atoms with Gasteiger partial charge in [0, 0.05) is 6.54 Å². The molecule has 25 heavy (non-hydrogen) atoms. The summed E-state index contributed by atoms with van der Waals surface area (Å²) in [5, 5.41) is 7.58. The number of nitrogens with zero attached hydrogens (tertiary/aromatic N) is 5. The van der Waals surface area contributed by atoms with Gasteiger partial charge < -0.3 is 4.90 Å². The van der Waals surface area contributed by atoms with Crippen LogP contribution < -0.4 is 0 Å². The SMILES string of the molecule is Cc1ccccc1C1CCCN1C(=O)c1cccc(-n2cnnc2)n1. The summed E-state index contributed by atoms with van der Waals surface area (Å²) in [7, 11) is 0. The highest BCUT2D eigenvalue weighted by molar-refractivity contribution is 5.93. The fourth-order valence-electron chi connectivity index (χ4n) is 3.45. The first kappa shape index (κ1) is 15.5. The van der Waals surface area contributed by atoms with Crippen LogP contribution in [-0.4, -0.2) is 37.1 Å². The van der Waals surface area contributed by atoms with Crippen LogP contribution >= 0.6 is 0 Å². The number of carbonyl (C=O) groups excluding carboxylic acids is 1. The Morgan fingerprint density at radius 1 is 1.08 bits per heavy atom. The zero-order valence-corrected chi connectivity index (χ0v) is 14.0. The Balaban J connectivity index is 1.64. The Morgan fingerprint density at radius 2 is 1.88 bits per heavy atom. The van der Waals surface area contributed by atoms with E-state index in [1.807, 2.05) is 29.2 Å². The van der Waals surface area contributed by atoms with E-state index in [4.69, 9.17) is 0 Å². The maximum Gasteiger partial charge on any atom is 0.273 e. The maximum absolute atomic E-state index is 13.1. The number of amides is 1. The molecule has 4 rings (SSSR count). The zero-order valence-electron chi connectivity index (χ0n) is 14.0. The number of likely N-dealkylation sites (tertiary alicyclic amines) is 1. The van der Waals surface area contributed by atoms with Gasteiger partial charge in [0.15, 0.2) is 0 Å². The monoisotopic (exact) mass is 333 g/mol. The Hall–Kier alpha value is -3.02. The number of hydrogen-bond donors (Lipinski definition) is 0. The second-order valence-corrected chi connectivity index (χ2v) is 6.26. The number of rotatable bonds is 3. The first-order valence-electron chi connectivity index (χ1n) is 8.42. The minimum atomic E-state index is -0.0272. The molecule has 1 aliphatic rings. The zero-order chi connectivity index (χ0) is 17.2. The summed E-state index contributed by atoms with van der Waals surface area (Å²) in [6, 6.07) is 13.8. The highest BCUT2D eigenvalue weighted by atomic mass is 16.2. The molecule has 0 bridgehead atoms. The standard InChI is InChI=1S/C19H19N5O/c1-14-6-2-3-7-15(14)17-9-5-11-24(17)19(25)16-8-4-10-18(22-16)23-12-20-21-13-23/h2-4,6-8,10,12-13,17H,5,9,11H2,1H3. The number of aryl methyl sites for hydroxylation is 1. The van der Waals surface area contributed by atoms with Gasteiger partial charge in [0.05, 0.1) is 6.04 Å². The van der Waals surface area contributed by atoms with E-state index in [2.05, 4.69) is 34.2 Å². The number of aromatic nitrogens is 4. The maximum atomic E-state index is 13.1. The third-order valence-electron chi connectivity index (χ3n) is 4.70. The summed E-state index contributed by atoms with van der Waals surface area (Å²) in [6.45, 7) is 2.86. The molecule has 3 aromatic rings. The van der Waals surface area contributed by atoms with Crippen molar-refractivity contribution in [2.45, 2.75) is 25.8 Å². The Kier molecular flexibility index (Phi) is 4.01. The molecule has 0 radical (unpaired) electrons. The van der Waals surface area contributed by atoms with E-state index in [1.54, 1.807) is 23.3 Å². The van der Waals surface area contributed by atoms with Gasteiger partial charge in [0.1, 0.15) is 24.2 Å². The average molecular weight is 333 g/mol. The van der Waals surface area contributed by atoms with Crippen molar-refractivity contribution in [2.75, 3.05) is 6.54 Å². The van der Waals surface area contributed by atoms with Gasteiger partial charge >= 0.3 is 0 Å². The van der Waals surface area contributed by atoms with E-state index in [9.17, 15) is 4.79 Å². The first-order valence-corrected chi connectivity index (χ1v) is 8.42.